The van der Waals surface area contributed by atoms with Crippen LogP contribution in [0, 0.1) is 0 Å². The summed E-state index contributed by atoms with van der Waals surface area (Å²) in [5.74, 6) is 0. The van der Waals surface area contributed by atoms with Crippen LogP contribution in [0.1, 0.15) is 25.7 Å². The first-order valence-corrected chi connectivity index (χ1v) is 6.32. The van der Waals surface area contributed by atoms with Gasteiger partial charge in [-0.3, -0.25) is 0 Å². The van der Waals surface area contributed by atoms with E-state index in [4.69, 9.17) is 0 Å². The van der Waals surface area contributed by atoms with E-state index in [9.17, 15) is 0 Å². The van der Waals surface area contributed by atoms with E-state index >= 15 is 0 Å². The van der Waals surface area contributed by atoms with E-state index in [1.54, 1.807) is 5.57 Å². The summed E-state index contributed by atoms with van der Waals surface area (Å²) in [5.41, 5.74) is 1.60. The third-order valence-electron chi connectivity index (χ3n) is 4.03. The van der Waals surface area contributed by atoms with Crippen molar-refractivity contribution in [1.82, 2.24) is 16.0 Å². The van der Waals surface area contributed by atoms with E-state index in [1.165, 1.54) is 32.2 Å². The van der Waals surface area contributed by atoms with Gasteiger partial charge in [0.25, 0.3) is 0 Å². The van der Waals surface area contributed by atoms with Crippen molar-refractivity contribution in [3.63, 3.8) is 0 Å². The lowest BCUT2D eigenvalue weighted by atomic mass is 9.89. The van der Waals surface area contributed by atoms with Crippen molar-refractivity contribution in [3.8, 4) is 0 Å². The van der Waals surface area contributed by atoms with Crippen LogP contribution in [-0.4, -0.2) is 37.8 Å². The van der Waals surface area contributed by atoms with E-state index < -0.39 is 0 Å². The van der Waals surface area contributed by atoms with Crippen molar-refractivity contribution < 1.29 is 0 Å². The Kier molecular flexibility index (Phi) is 2.77. The zero-order valence-electron chi connectivity index (χ0n) is 9.26. The van der Waals surface area contributed by atoms with Crippen molar-refractivity contribution >= 4 is 0 Å². The molecule has 0 bridgehead atoms. The maximum absolute atomic E-state index is 3.81. The molecular weight excluding hydrogens is 186 g/mol. The Morgan fingerprint density at radius 2 is 2.07 bits per heavy atom. The molecule has 3 nitrogen and oxygen atoms in total. The molecule has 2 saturated heterocycles. The minimum atomic E-state index is 0.652. The highest BCUT2D eigenvalue weighted by molar-refractivity contribution is 5.18. The molecule has 0 spiro atoms. The highest BCUT2D eigenvalue weighted by Crippen LogP contribution is 2.24. The molecule has 3 N–H and O–H groups in total. The van der Waals surface area contributed by atoms with E-state index in [-0.39, 0.29) is 0 Å². The second kappa shape index (κ2) is 4.24. The third kappa shape index (κ3) is 1.96. The van der Waals surface area contributed by atoms with Gasteiger partial charge in [-0.05, 0) is 44.3 Å². The fourth-order valence-corrected chi connectivity index (χ4v) is 3.18. The van der Waals surface area contributed by atoms with Crippen LogP contribution in [-0.2, 0) is 0 Å². The summed E-state index contributed by atoms with van der Waals surface area (Å²) in [4.78, 5) is 0. The molecule has 0 aromatic carbocycles. The molecule has 3 atom stereocenters. The van der Waals surface area contributed by atoms with Gasteiger partial charge in [-0.15, -0.1) is 0 Å². The van der Waals surface area contributed by atoms with Crippen LogP contribution < -0.4 is 16.0 Å². The molecule has 0 amide bonds. The molecular formula is C12H21N3. The van der Waals surface area contributed by atoms with Crippen molar-refractivity contribution in [2.45, 2.75) is 43.8 Å². The summed E-state index contributed by atoms with van der Waals surface area (Å²) < 4.78 is 0. The van der Waals surface area contributed by atoms with Crippen LogP contribution in [0.2, 0.25) is 0 Å². The summed E-state index contributed by atoms with van der Waals surface area (Å²) in [6.45, 7) is 3.46. The van der Waals surface area contributed by atoms with Crippen molar-refractivity contribution in [2.24, 2.45) is 0 Å². The first-order valence-electron chi connectivity index (χ1n) is 6.32. The number of nitrogens with one attached hydrogen (secondary N) is 3. The quantitative estimate of drug-likeness (QED) is 0.544. The smallest absolute Gasteiger partial charge is 0.0295 e. The molecule has 15 heavy (non-hydrogen) atoms. The molecule has 2 fully saturated rings. The molecule has 0 aliphatic carbocycles. The molecule has 3 heteroatoms. The van der Waals surface area contributed by atoms with Gasteiger partial charge in [0.1, 0.15) is 0 Å². The molecule has 0 radical (unpaired) electrons. The number of fused-ring (bicyclic) bond motifs is 1. The Balaban J connectivity index is 1.65. The second-order valence-electron chi connectivity index (χ2n) is 5.00. The van der Waals surface area contributed by atoms with Crippen LogP contribution in [0.5, 0.6) is 0 Å². The highest BCUT2D eigenvalue weighted by Gasteiger charge is 2.34. The largest absolute Gasteiger partial charge is 0.313 e. The molecule has 0 aromatic rings. The molecule has 84 valence electrons. The van der Waals surface area contributed by atoms with E-state index in [1.807, 2.05) is 0 Å². The molecule has 0 aromatic heterocycles. The summed E-state index contributed by atoms with van der Waals surface area (Å²) in [5, 5.41) is 10.9. The minimum Gasteiger partial charge on any atom is -0.313 e. The van der Waals surface area contributed by atoms with Crippen LogP contribution >= 0.6 is 0 Å². The van der Waals surface area contributed by atoms with Gasteiger partial charge in [0.15, 0.2) is 0 Å². The van der Waals surface area contributed by atoms with Gasteiger partial charge in [-0.1, -0.05) is 6.08 Å². The topological polar surface area (TPSA) is 36.1 Å². The first-order chi connectivity index (χ1) is 7.43. The monoisotopic (exact) mass is 207 g/mol. The Bertz CT molecular complexity index is 262. The lowest BCUT2D eigenvalue weighted by molar-refractivity contribution is 0.313. The maximum atomic E-state index is 3.81. The Labute approximate surface area is 91.7 Å². The van der Waals surface area contributed by atoms with Gasteiger partial charge < -0.3 is 16.0 Å². The average Bonchev–Trinajstić information content (AvgIpc) is 2.77. The predicted octanol–water partition coefficient (Wildman–Crippen LogP) is 0.389. The van der Waals surface area contributed by atoms with Crippen LogP contribution in [0.15, 0.2) is 11.6 Å². The maximum Gasteiger partial charge on any atom is 0.0295 e. The molecule has 3 rings (SSSR count). The first kappa shape index (κ1) is 9.82. The van der Waals surface area contributed by atoms with Crippen LogP contribution in [0.4, 0.5) is 0 Å². The van der Waals surface area contributed by atoms with E-state index in [2.05, 4.69) is 22.0 Å². The third-order valence-corrected chi connectivity index (χ3v) is 4.03. The predicted molar refractivity (Wildman–Crippen MR) is 61.9 cm³/mol. The number of piperidine rings is 1. The molecule has 3 aliphatic heterocycles. The van der Waals surface area contributed by atoms with Crippen LogP contribution in [0.3, 0.4) is 0 Å². The molecule has 3 aliphatic rings. The SMILES string of the molecule is C1=C(C2CCC3NCCC3N2)CNCC1. The Morgan fingerprint density at radius 1 is 1.07 bits per heavy atom. The second-order valence-corrected chi connectivity index (χ2v) is 5.00. The molecule has 3 heterocycles. The Morgan fingerprint density at radius 3 is 2.93 bits per heavy atom. The summed E-state index contributed by atoms with van der Waals surface area (Å²) >= 11 is 0. The van der Waals surface area contributed by atoms with Gasteiger partial charge in [-0.25, -0.2) is 0 Å². The molecule has 3 unspecified atom stereocenters. The Hall–Kier alpha value is -0.380. The van der Waals surface area contributed by atoms with Crippen LogP contribution in [0.25, 0.3) is 0 Å². The standard InChI is InChI=1S/C12H21N3/c1-2-9(8-13-6-1)10-3-4-11-12(15-10)5-7-14-11/h2,10-15H,1,3-8H2. The number of hydrogen-bond donors (Lipinski definition) is 3. The van der Waals surface area contributed by atoms with Gasteiger partial charge in [-0.2, -0.15) is 0 Å². The normalized spacial score (nSPS) is 41.1. The van der Waals surface area contributed by atoms with Crippen molar-refractivity contribution in [2.75, 3.05) is 19.6 Å². The lowest BCUT2D eigenvalue weighted by Crippen LogP contribution is -2.52. The van der Waals surface area contributed by atoms with Gasteiger partial charge in [0, 0.05) is 24.7 Å². The van der Waals surface area contributed by atoms with Crippen molar-refractivity contribution in [1.29, 1.82) is 0 Å². The van der Waals surface area contributed by atoms with E-state index in [0.29, 0.717) is 6.04 Å². The summed E-state index contributed by atoms with van der Waals surface area (Å²) in [6.07, 6.45) is 7.61. The van der Waals surface area contributed by atoms with E-state index in [0.717, 1.165) is 25.2 Å². The zero-order chi connectivity index (χ0) is 10.1. The fourth-order valence-electron chi connectivity index (χ4n) is 3.18. The minimum absolute atomic E-state index is 0.652. The summed E-state index contributed by atoms with van der Waals surface area (Å²) in [7, 11) is 0. The fraction of sp³-hybridized carbons (Fsp3) is 0.833. The molecule has 0 saturated carbocycles. The number of hydrogen-bond acceptors (Lipinski definition) is 3. The number of rotatable bonds is 1. The summed E-state index contributed by atoms with van der Waals surface area (Å²) in [6, 6.07) is 2.13. The van der Waals surface area contributed by atoms with Gasteiger partial charge in [0.05, 0.1) is 0 Å². The van der Waals surface area contributed by atoms with Gasteiger partial charge in [0.2, 0.25) is 0 Å². The lowest BCUT2D eigenvalue weighted by Gasteiger charge is -2.35. The average molecular weight is 207 g/mol. The van der Waals surface area contributed by atoms with Crippen molar-refractivity contribution in [3.05, 3.63) is 11.6 Å². The van der Waals surface area contributed by atoms with Gasteiger partial charge >= 0.3 is 0 Å². The zero-order valence-corrected chi connectivity index (χ0v) is 9.26. The highest BCUT2D eigenvalue weighted by atomic mass is 15.1.